The van der Waals surface area contributed by atoms with E-state index in [1.165, 1.54) is 6.07 Å². The molecule has 0 saturated carbocycles. The van der Waals surface area contributed by atoms with Gasteiger partial charge in [-0.3, -0.25) is 9.78 Å². The van der Waals surface area contributed by atoms with Crippen LogP contribution in [-0.4, -0.2) is 28.9 Å². The molecule has 1 aliphatic heterocycles. The van der Waals surface area contributed by atoms with Crippen molar-refractivity contribution in [2.45, 2.75) is 31.9 Å². The van der Waals surface area contributed by atoms with Crippen molar-refractivity contribution in [2.75, 3.05) is 13.1 Å². The van der Waals surface area contributed by atoms with Crippen molar-refractivity contribution in [2.24, 2.45) is 5.92 Å². The lowest BCUT2D eigenvalue weighted by Crippen LogP contribution is -2.40. The van der Waals surface area contributed by atoms with Gasteiger partial charge in [0.05, 0.1) is 5.56 Å². The molecule has 138 valence electrons. The van der Waals surface area contributed by atoms with Crippen LogP contribution in [0, 0.1) is 5.92 Å². The Morgan fingerprint density at radius 3 is 2.62 bits per heavy atom. The number of nitrogens with zero attached hydrogens (tertiary/aromatic N) is 2. The lowest BCUT2D eigenvalue weighted by atomic mass is 9.90. The minimum absolute atomic E-state index is 0.0345. The number of pyridine rings is 1. The van der Waals surface area contributed by atoms with Gasteiger partial charge in [-0.15, -0.1) is 0 Å². The van der Waals surface area contributed by atoms with Gasteiger partial charge in [-0.1, -0.05) is 18.2 Å². The molecule has 0 spiro atoms. The van der Waals surface area contributed by atoms with Crippen LogP contribution in [0.15, 0.2) is 48.8 Å². The predicted molar refractivity (Wildman–Crippen MR) is 92.6 cm³/mol. The van der Waals surface area contributed by atoms with Crippen LogP contribution in [0.4, 0.5) is 13.2 Å². The van der Waals surface area contributed by atoms with E-state index in [0.717, 1.165) is 18.9 Å². The summed E-state index contributed by atoms with van der Waals surface area (Å²) in [5.74, 6) is 0.184. The van der Waals surface area contributed by atoms with Crippen molar-refractivity contribution in [1.29, 1.82) is 0 Å². The zero-order valence-electron chi connectivity index (χ0n) is 14.4. The van der Waals surface area contributed by atoms with E-state index < -0.39 is 11.7 Å². The molecule has 3 nitrogen and oxygen atoms in total. The molecule has 2 aromatic rings. The Labute approximate surface area is 150 Å². The Morgan fingerprint density at radius 1 is 1.15 bits per heavy atom. The largest absolute Gasteiger partial charge is 0.416 e. The van der Waals surface area contributed by atoms with Gasteiger partial charge in [-0.05, 0) is 55.4 Å². The highest BCUT2D eigenvalue weighted by atomic mass is 19.4. The normalized spacial score (nSPS) is 18.0. The number of hydrogen-bond acceptors (Lipinski definition) is 2. The number of likely N-dealkylation sites (tertiary alicyclic amines) is 1. The Kier molecular flexibility index (Phi) is 5.59. The van der Waals surface area contributed by atoms with Gasteiger partial charge in [0, 0.05) is 31.0 Å². The maximum Gasteiger partial charge on any atom is 0.416 e. The van der Waals surface area contributed by atoms with E-state index in [1.807, 2.05) is 0 Å². The smallest absolute Gasteiger partial charge is 0.338 e. The highest BCUT2D eigenvalue weighted by Gasteiger charge is 2.33. The molecule has 1 saturated heterocycles. The predicted octanol–water partition coefficient (Wildman–Crippen LogP) is 4.59. The monoisotopic (exact) mass is 362 g/mol. The fourth-order valence-electron chi connectivity index (χ4n) is 3.54. The van der Waals surface area contributed by atoms with Gasteiger partial charge in [-0.25, -0.2) is 0 Å². The maximum atomic E-state index is 13.1. The van der Waals surface area contributed by atoms with Crippen molar-refractivity contribution in [3.8, 4) is 0 Å². The molecule has 0 radical (unpaired) electrons. The third kappa shape index (κ3) is 4.42. The highest BCUT2D eigenvalue weighted by molar-refractivity contribution is 5.94. The summed E-state index contributed by atoms with van der Waals surface area (Å²) in [5.41, 5.74) is 0.376. The molecule has 0 N–H and O–H groups in total. The zero-order chi connectivity index (χ0) is 18.6. The van der Waals surface area contributed by atoms with Crippen molar-refractivity contribution >= 4 is 5.91 Å². The fraction of sp³-hybridized carbons (Fsp3) is 0.400. The number of aromatic nitrogens is 1. The minimum Gasteiger partial charge on any atom is -0.338 e. The van der Waals surface area contributed by atoms with Crippen LogP contribution in [0.2, 0.25) is 0 Å². The van der Waals surface area contributed by atoms with Gasteiger partial charge in [0.15, 0.2) is 0 Å². The van der Waals surface area contributed by atoms with Gasteiger partial charge < -0.3 is 4.90 Å². The van der Waals surface area contributed by atoms with Crippen LogP contribution in [0.25, 0.3) is 0 Å². The van der Waals surface area contributed by atoms with E-state index in [2.05, 4.69) is 4.98 Å². The average Bonchev–Trinajstić information content (AvgIpc) is 2.66. The van der Waals surface area contributed by atoms with E-state index in [1.54, 1.807) is 41.6 Å². The summed E-state index contributed by atoms with van der Waals surface area (Å²) in [6, 6.07) is 9.12. The van der Waals surface area contributed by atoms with Crippen molar-refractivity contribution < 1.29 is 18.0 Å². The van der Waals surface area contributed by atoms with Gasteiger partial charge in [0.2, 0.25) is 0 Å². The second-order valence-electron chi connectivity index (χ2n) is 6.69. The van der Waals surface area contributed by atoms with Gasteiger partial charge in [0.25, 0.3) is 5.91 Å². The molecule has 0 bridgehead atoms. The summed E-state index contributed by atoms with van der Waals surface area (Å²) in [6.07, 6.45) is 1.68. The fourth-order valence-corrected chi connectivity index (χ4v) is 3.54. The number of aryl methyl sites for hydroxylation is 1. The SMILES string of the molecule is O=C(c1ccncc1)N1CCC[C@H](CCc2ccccc2C(F)(F)F)C1. The molecule has 6 heteroatoms. The molecule has 1 aliphatic rings. The lowest BCUT2D eigenvalue weighted by Gasteiger charge is -2.33. The number of hydrogen-bond donors (Lipinski definition) is 0. The number of piperidine rings is 1. The van der Waals surface area contributed by atoms with Crippen LogP contribution in [-0.2, 0) is 12.6 Å². The maximum absolute atomic E-state index is 13.1. The Balaban J connectivity index is 1.62. The third-order valence-electron chi connectivity index (χ3n) is 4.88. The molecule has 26 heavy (non-hydrogen) atoms. The first-order chi connectivity index (χ1) is 12.4. The van der Waals surface area contributed by atoms with Crippen LogP contribution < -0.4 is 0 Å². The molecule has 1 atom stereocenters. The van der Waals surface area contributed by atoms with Crippen LogP contribution in [0.3, 0.4) is 0 Å². The molecule has 1 aromatic carbocycles. The number of carbonyl (C=O) groups excluding carboxylic acids is 1. The Morgan fingerprint density at radius 2 is 1.88 bits per heavy atom. The summed E-state index contributed by atoms with van der Waals surface area (Å²) >= 11 is 0. The standard InChI is InChI=1S/C20H21F3N2O/c21-20(22,23)18-6-2-1-5-16(18)8-7-15-4-3-13-25(14-15)19(26)17-9-11-24-12-10-17/h1-2,5-6,9-12,15H,3-4,7-8,13-14H2/t15-/m1/s1. The van der Waals surface area contributed by atoms with Gasteiger partial charge in [-0.2, -0.15) is 13.2 Å². The second-order valence-corrected chi connectivity index (χ2v) is 6.69. The molecule has 3 rings (SSSR count). The number of halogens is 3. The molecular formula is C20H21F3N2O. The number of carbonyl (C=O) groups is 1. The first kappa shape index (κ1) is 18.4. The molecule has 1 amide bonds. The van der Waals surface area contributed by atoms with E-state index in [9.17, 15) is 18.0 Å². The van der Waals surface area contributed by atoms with E-state index in [0.29, 0.717) is 37.1 Å². The number of amides is 1. The summed E-state index contributed by atoms with van der Waals surface area (Å²) < 4.78 is 39.3. The van der Waals surface area contributed by atoms with Crippen LogP contribution >= 0.6 is 0 Å². The van der Waals surface area contributed by atoms with Crippen molar-refractivity contribution in [1.82, 2.24) is 9.88 Å². The number of rotatable bonds is 4. The molecule has 1 aromatic heterocycles. The third-order valence-corrected chi connectivity index (χ3v) is 4.88. The molecule has 0 aliphatic carbocycles. The Bertz CT molecular complexity index is 746. The molecule has 0 unspecified atom stereocenters. The van der Waals surface area contributed by atoms with Crippen molar-refractivity contribution in [3.63, 3.8) is 0 Å². The number of alkyl halides is 3. The van der Waals surface area contributed by atoms with Crippen LogP contribution in [0.5, 0.6) is 0 Å². The first-order valence-electron chi connectivity index (χ1n) is 8.79. The first-order valence-corrected chi connectivity index (χ1v) is 8.79. The topological polar surface area (TPSA) is 33.2 Å². The summed E-state index contributed by atoms with van der Waals surface area (Å²) in [5, 5.41) is 0. The highest BCUT2D eigenvalue weighted by Crippen LogP contribution is 2.33. The minimum atomic E-state index is -4.33. The van der Waals surface area contributed by atoms with E-state index >= 15 is 0 Å². The van der Waals surface area contributed by atoms with E-state index in [4.69, 9.17) is 0 Å². The van der Waals surface area contributed by atoms with Crippen LogP contribution in [0.1, 0.15) is 40.7 Å². The van der Waals surface area contributed by atoms with Crippen molar-refractivity contribution in [3.05, 3.63) is 65.5 Å². The molecular weight excluding hydrogens is 341 g/mol. The molecule has 1 fully saturated rings. The summed E-state index contributed by atoms with van der Waals surface area (Å²) in [4.78, 5) is 18.3. The second kappa shape index (κ2) is 7.89. The van der Waals surface area contributed by atoms with E-state index in [-0.39, 0.29) is 11.8 Å². The Hall–Kier alpha value is -2.37. The summed E-state index contributed by atoms with van der Waals surface area (Å²) in [6.45, 7) is 1.28. The lowest BCUT2D eigenvalue weighted by molar-refractivity contribution is -0.138. The quantitative estimate of drug-likeness (QED) is 0.797. The summed E-state index contributed by atoms with van der Waals surface area (Å²) in [7, 11) is 0. The van der Waals surface area contributed by atoms with Gasteiger partial charge in [0.1, 0.15) is 0 Å². The average molecular weight is 362 g/mol. The number of benzene rings is 1. The zero-order valence-corrected chi connectivity index (χ0v) is 14.4. The van der Waals surface area contributed by atoms with Gasteiger partial charge >= 0.3 is 6.18 Å². The molecule has 2 heterocycles.